The van der Waals surface area contributed by atoms with Gasteiger partial charge in [-0.2, -0.15) is 0 Å². The van der Waals surface area contributed by atoms with Gasteiger partial charge >= 0.3 is 0 Å². The molecule has 0 bridgehead atoms. The van der Waals surface area contributed by atoms with Gasteiger partial charge in [0.15, 0.2) is 0 Å². The van der Waals surface area contributed by atoms with Gasteiger partial charge in [0.05, 0.1) is 17.9 Å². The van der Waals surface area contributed by atoms with Crippen LogP contribution in [0.25, 0.3) is 5.82 Å². The molecule has 0 aliphatic carbocycles. The van der Waals surface area contributed by atoms with E-state index in [2.05, 4.69) is 26.7 Å². The third kappa shape index (κ3) is 2.01. The lowest BCUT2D eigenvalue weighted by atomic mass is 10.2. The minimum Gasteiger partial charge on any atom is -0.378 e. The van der Waals surface area contributed by atoms with E-state index in [1.54, 1.807) is 6.20 Å². The molecule has 2 N–H and O–H groups in total. The average molecular weight is 229 g/mol. The van der Waals surface area contributed by atoms with Gasteiger partial charge in [-0.1, -0.05) is 0 Å². The number of rotatable bonds is 3. The SMILES string of the molecule is Cc1nccn1-c1ccc(NC2CNC2)cn1. The Bertz CT molecular complexity index is 498. The lowest BCUT2D eigenvalue weighted by Crippen LogP contribution is -2.51. The summed E-state index contributed by atoms with van der Waals surface area (Å²) in [6, 6.07) is 4.60. The highest BCUT2D eigenvalue weighted by Crippen LogP contribution is 2.13. The number of hydrogen-bond donors (Lipinski definition) is 2. The van der Waals surface area contributed by atoms with E-state index in [4.69, 9.17) is 0 Å². The predicted octanol–water partition coefficient (Wildman–Crippen LogP) is 0.959. The number of aromatic nitrogens is 3. The molecule has 1 saturated heterocycles. The Hall–Kier alpha value is -1.88. The second kappa shape index (κ2) is 4.18. The second-order valence-electron chi connectivity index (χ2n) is 4.25. The van der Waals surface area contributed by atoms with Crippen LogP contribution in [-0.2, 0) is 0 Å². The molecule has 1 fully saturated rings. The maximum atomic E-state index is 4.43. The third-order valence-corrected chi connectivity index (χ3v) is 2.97. The Morgan fingerprint density at radius 2 is 2.24 bits per heavy atom. The van der Waals surface area contributed by atoms with Crippen LogP contribution in [0.4, 0.5) is 5.69 Å². The molecule has 3 rings (SSSR count). The molecule has 0 atom stereocenters. The number of nitrogens with one attached hydrogen (secondary N) is 2. The van der Waals surface area contributed by atoms with Gasteiger partial charge in [0, 0.05) is 25.5 Å². The number of imidazole rings is 1. The van der Waals surface area contributed by atoms with Gasteiger partial charge in [-0.3, -0.25) is 4.57 Å². The molecule has 0 aromatic carbocycles. The van der Waals surface area contributed by atoms with E-state index >= 15 is 0 Å². The zero-order chi connectivity index (χ0) is 11.7. The lowest BCUT2D eigenvalue weighted by molar-refractivity contribution is 0.472. The largest absolute Gasteiger partial charge is 0.378 e. The summed E-state index contributed by atoms with van der Waals surface area (Å²) in [5, 5.41) is 6.64. The quantitative estimate of drug-likeness (QED) is 0.823. The van der Waals surface area contributed by atoms with Crippen LogP contribution in [0.15, 0.2) is 30.7 Å². The van der Waals surface area contributed by atoms with Crippen molar-refractivity contribution >= 4 is 5.69 Å². The van der Waals surface area contributed by atoms with Crippen molar-refractivity contribution in [1.29, 1.82) is 0 Å². The van der Waals surface area contributed by atoms with Gasteiger partial charge in [0.25, 0.3) is 0 Å². The fourth-order valence-electron chi connectivity index (χ4n) is 1.86. The van der Waals surface area contributed by atoms with Crippen molar-refractivity contribution in [2.75, 3.05) is 18.4 Å². The van der Waals surface area contributed by atoms with Crippen LogP contribution in [0.5, 0.6) is 0 Å². The topological polar surface area (TPSA) is 54.8 Å². The Morgan fingerprint density at radius 3 is 2.76 bits per heavy atom. The van der Waals surface area contributed by atoms with E-state index in [9.17, 15) is 0 Å². The van der Waals surface area contributed by atoms with E-state index in [0.717, 1.165) is 30.4 Å². The van der Waals surface area contributed by atoms with E-state index in [1.807, 2.05) is 30.0 Å². The summed E-state index contributed by atoms with van der Waals surface area (Å²) in [6.07, 6.45) is 5.57. The number of anilines is 1. The Balaban J connectivity index is 1.77. The molecular formula is C12H15N5. The van der Waals surface area contributed by atoms with Gasteiger partial charge in [-0.15, -0.1) is 0 Å². The van der Waals surface area contributed by atoms with Gasteiger partial charge < -0.3 is 10.6 Å². The molecule has 0 radical (unpaired) electrons. The van der Waals surface area contributed by atoms with Gasteiger partial charge in [0.2, 0.25) is 0 Å². The number of aryl methyl sites for hydroxylation is 1. The standard InChI is InChI=1S/C12H15N5/c1-9-14-4-5-17(9)12-3-2-10(8-15-12)16-11-6-13-7-11/h2-5,8,11,13,16H,6-7H2,1H3. The van der Waals surface area contributed by atoms with Crippen molar-refractivity contribution in [1.82, 2.24) is 19.9 Å². The summed E-state index contributed by atoms with van der Waals surface area (Å²) >= 11 is 0. The highest BCUT2D eigenvalue weighted by atomic mass is 15.1. The van der Waals surface area contributed by atoms with E-state index in [1.165, 1.54) is 0 Å². The molecule has 88 valence electrons. The fourth-order valence-corrected chi connectivity index (χ4v) is 1.86. The molecule has 2 aromatic rings. The first-order chi connectivity index (χ1) is 8.33. The normalized spacial score (nSPS) is 15.6. The Morgan fingerprint density at radius 1 is 1.35 bits per heavy atom. The van der Waals surface area contributed by atoms with Crippen LogP contribution >= 0.6 is 0 Å². The van der Waals surface area contributed by atoms with E-state index in [-0.39, 0.29) is 0 Å². The number of pyridine rings is 1. The van der Waals surface area contributed by atoms with E-state index in [0.29, 0.717) is 6.04 Å². The summed E-state index contributed by atoms with van der Waals surface area (Å²) in [5.74, 6) is 1.85. The zero-order valence-corrected chi connectivity index (χ0v) is 9.72. The minimum atomic E-state index is 0.539. The molecule has 0 saturated carbocycles. The molecule has 3 heterocycles. The Labute approximate surface area is 99.9 Å². The van der Waals surface area contributed by atoms with Gasteiger partial charge in [-0.05, 0) is 19.1 Å². The summed E-state index contributed by atoms with van der Waals surface area (Å²) < 4.78 is 1.97. The minimum absolute atomic E-state index is 0.539. The molecule has 1 aliphatic heterocycles. The smallest absolute Gasteiger partial charge is 0.138 e. The lowest BCUT2D eigenvalue weighted by Gasteiger charge is -2.28. The molecule has 2 aromatic heterocycles. The fraction of sp³-hybridized carbons (Fsp3) is 0.333. The molecule has 0 amide bonds. The molecule has 5 nitrogen and oxygen atoms in total. The van der Waals surface area contributed by atoms with Crippen LogP contribution in [0.3, 0.4) is 0 Å². The third-order valence-electron chi connectivity index (χ3n) is 2.97. The van der Waals surface area contributed by atoms with Crippen LogP contribution < -0.4 is 10.6 Å². The van der Waals surface area contributed by atoms with Crippen molar-refractivity contribution < 1.29 is 0 Å². The molecule has 17 heavy (non-hydrogen) atoms. The van der Waals surface area contributed by atoms with Crippen molar-refractivity contribution in [3.8, 4) is 5.82 Å². The first kappa shape index (κ1) is 10.3. The summed E-state index contributed by atoms with van der Waals surface area (Å²) in [5.41, 5.74) is 1.07. The van der Waals surface area contributed by atoms with Crippen molar-refractivity contribution in [2.45, 2.75) is 13.0 Å². The maximum Gasteiger partial charge on any atom is 0.138 e. The second-order valence-corrected chi connectivity index (χ2v) is 4.25. The number of nitrogens with zero attached hydrogens (tertiary/aromatic N) is 3. The molecule has 0 spiro atoms. The van der Waals surface area contributed by atoms with Gasteiger partial charge in [0.1, 0.15) is 11.6 Å². The summed E-state index contributed by atoms with van der Waals surface area (Å²) in [7, 11) is 0. The van der Waals surface area contributed by atoms with Gasteiger partial charge in [-0.25, -0.2) is 9.97 Å². The first-order valence-corrected chi connectivity index (χ1v) is 5.76. The van der Waals surface area contributed by atoms with E-state index < -0.39 is 0 Å². The molecular weight excluding hydrogens is 214 g/mol. The molecule has 5 heteroatoms. The highest BCUT2D eigenvalue weighted by molar-refractivity contribution is 5.45. The highest BCUT2D eigenvalue weighted by Gasteiger charge is 2.15. The van der Waals surface area contributed by atoms with Crippen molar-refractivity contribution in [3.05, 3.63) is 36.5 Å². The van der Waals surface area contributed by atoms with Crippen LogP contribution in [-0.4, -0.2) is 33.7 Å². The van der Waals surface area contributed by atoms with Crippen LogP contribution in [0.1, 0.15) is 5.82 Å². The predicted molar refractivity (Wildman–Crippen MR) is 66.4 cm³/mol. The maximum absolute atomic E-state index is 4.43. The average Bonchev–Trinajstić information content (AvgIpc) is 2.71. The molecule has 1 aliphatic rings. The van der Waals surface area contributed by atoms with Crippen LogP contribution in [0.2, 0.25) is 0 Å². The van der Waals surface area contributed by atoms with Crippen molar-refractivity contribution in [2.24, 2.45) is 0 Å². The Kier molecular flexibility index (Phi) is 2.53. The monoisotopic (exact) mass is 229 g/mol. The molecule has 0 unspecified atom stereocenters. The number of hydrogen-bond acceptors (Lipinski definition) is 4. The summed E-state index contributed by atoms with van der Waals surface area (Å²) in [4.78, 5) is 8.62. The first-order valence-electron chi connectivity index (χ1n) is 5.76. The zero-order valence-electron chi connectivity index (χ0n) is 9.72. The summed E-state index contributed by atoms with van der Waals surface area (Å²) in [6.45, 7) is 4.03. The van der Waals surface area contributed by atoms with Crippen molar-refractivity contribution in [3.63, 3.8) is 0 Å². The van der Waals surface area contributed by atoms with Crippen LogP contribution in [0, 0.1) is 6.92 Å².